The number of aryl methyl sites for hydroxylation is 1. The molecule has 2 rings (SSSR count). The molecule has 1 heterocycles. The molecule has 5 heteroatoms. The fourth-order valence-electron chi connectivity index (χ4n) is 2.40. The van der Waals surface area contributed by atoms with Gasteiger partial charge in [-0.3, -0.25) is 9.59 Å². The third-order valence-corrected chi connectivity index (χ3v) is 3.63. The van der Waals surface area contributed by atoms with Crippen LogP contribution < -0.4 is 5.73 Å². The minimum Gasteiger partial charge on any atom is -0.332 e. The predicted octanol–water partition coefficient (Wildman–Crippen LogP) is 0.686. The van der Waals surface area contributed by atoms with Gasteiger partial charge in [-0.15, -0.1) is 0 Å². The first-order chi connectivity index (χ1) is 9.51. The Kier molecular flexibility index (Phi) is 4.39. The van der Waals surface area contributed by atoms with E-state index >= 15 is 0 Å². The molecular weight excluding hydrogens is 254 g/mol. The van der Waals surface area contributed by atoms with Gasteiger partial charge < -0.3 is 15.5 Å². The zero-order chi connectivity index (χ0) is 14.7. The molecule has 1 aromatic carbocycles. The summed E-state index contributed by atoms with van der Waals surface area (Å²) in [5.41, 5.74) is 8.28. The van der Waals surface area contributed by atoms with Gasteiger partial charge in [-0.1, -0.05) is 29.8 Å². The minimum atomic E-state index is -0.264. The topological polar surface area (TPSA) is 66.6 Å². The highest BCUT2D eigenvalue weighted by atomic mass is 16.2. The van der Waals surface area contributed by atoms with Gasteiger partial charge in [0.1, 0.15) is 0 Å². The normalized spacial score (nSPS) is 17.6. The van der Waals surface area contributed by atoms with Gasteiger partial charge in [0.2, 0.25) is 11.8 Å². The maximum atomic E-state index is 12.0. The molecule has 1 aromatic rings. The van der Waals surface area contributed by atoms with E-state index in [-0.39, 0.29) is 30.9 Å². The van der Waals surface area contributed by atoms with Crippen molar-refractivity contribution in [2.45, 2.75) is 19.9 Å². The molecule has 1 aliphatic heterocycles. The molecule has 1 saturated heterocycles. The summed E-state index contributed by atoms with van der Waals surface area (Å²) in [5, 5.41) is 0. The Bertz CT molecular complexity index is 516. The zero-order valence-corrected chi connectivity index (χ0v) is 12.0. The van der Waals surface area contributed by atoms with E-state index in [1.807, 2.05) is 38.1 Å². The molecule has 20 heavy (non-hydrogen) atoms. The number of carbonyl (C=O) groups is 2. The van der Waals surface area contributed by atoms with Crippen LogP contribution in [0.1, 0.15) is 24.1 Å². The fraction of sp³-hybridized carbons (Fsp3) is 0.467. The zero-order valence-electron chi connectivity index (χ0n) is 12.0. The number of amides is 2. The SMILES string of the molecule is CCN1CC(=O)N(CC(N)c2cccc(C)c2)CC1=O. The highest BCUT2D eigenvalue weighted by molar-refractivity contribution is 5.92. The number of nitrogens with zero attached hydrogens (tertiary/aromatic N) is 2. The predicted molar refractivity (Wildman–Crippen MR) is 76.9 cm³/mol. The Labute approximate surface area is 119 Å². The summed E-state index contributed by atoms with van der Waals surface area (Å²) in [6.45, 7) is 5.13. The molecular formula is C15H21N3O2. The Morgan fingerprint density at radius 1 is 1.20 bits per heavy atom. The van der Waals surface area contributed by atoms with Crippen LogP contribution in [0.15, 0.2) is 24.3 Å². The van der Waals surface area contributed by atoms with Gasteiger partial charge in [-0.05, 0) is 19.4 Å². The fourth-order valence-corrected chi connectivity index (χ4v) is 2.40. The molecule has 1 aliphatic rings. The first-order valence-corrected chi connectivity index (χ1v) is 6.89. The van der Waals surface area contributed by atoms with E-state index in [9.17, 15) is 9.59 Å². The summed E-state index contributed by atoms with van der Waals surface area (Å²) in [6.07, 6.45) is 0. The van der Waals surface area contributed by atoms with Crippen molar-refractivity contribution in [2.24, 2.45) is 5.73 Å². The molecule has 0 saturated carbocycles. The largest absolute Gasteiger partial charge is 0.332 e. The van der Waals surface area contributed by atoms with Crippen LogP contribution in [0.3, 0.4) is 0 Å². The second kappa shape index (κ2) is 6.05. The van der Waals surface area contributed by atoms with Crippen LogP contribution in [0.25, 0.3) is 0 Å². The first kappa shape index (κ1) is 14.5. The van der Waals surface area contributed by atoms with Gasteiger partial charge in [-0.25, -0.2) is 0 Å². The van der Waals surface area contributed by atoms with Gasteiger partial charge in [0.25, 0.3) is 0 Å². The summed E-state index contributed by atoms with van der Waals surface area (Å²) in [4.78, 5) is 27.0. The number of rotatable bonds is 4. The highest BCUT2D eigenvalue weighted by Crippen LogP contribution is 2.15. The molecule has 2 amide bonds. The number of hydrogen-bond donors (Lipinski definition) is 1. The van der Waals surface area contributed by atoms with Gasteiger partial charge >= 0.3 is 0 Å². The molecule has 5 nitrogen and oxygen atoms in total. The van der Waals surface area contributed by atoms with Crippen LogP contribution in [0.2, 0.25) is 0 Å². The van der Waals surface area contributed by atoms with Crippen LogP contribution in [-0.4, -0.2) is 47.8 Å². The Hall–Kier alpha value is -1.88. The number of likely N-dealkylation sites (N-methyl/N-ethyl adjacent to an activating group) is 1. The van der Waals surface area contributed by atoms with Crippen molar-refractivity contribution in [3.05, 3.63) is 35.4 Å². The molecule has 0 aromatic heterocycles. The van der Waals surface area contributed by atoms with E-state index in [0.717, 1.165) is 11.1 Å². The van der Waals surface area contributed by atoms with Gasteiger partial charge in [0, 0.05) is 19.1 Å². The Morgan fingerprint density at radius 2 is 1.85 bits per heavy atom. The lowest BCUT2D eigenvalue weighted by Gasteiger charge is -2.34. The quantitative estimate of drug-likeness (QED) is 0.879. The molecule has 1 atom stereocenters. The monoisotopic (exact) mass is 275 g/mol. The minimum absolute atomic E-state index is 0.0106. The van der Waals surface area contributed by atoms with Crippen molar-refractivity contribution >= 4 is 11.8 Å². The third-order valence-electron chi connectivity index (χ3n) is 3.63. The molecule has 1 fully saturated rings. The molecule has 0 radical (unpaired) electrons. The van der Waals surface area contributed by atoms with Crippen molar-refractivity contribution in [1.29, 1.82) is 0 Å². The van der Waals surface area contributed by atoms with Crippen molar-refractivity contribution in [2.75, 3.05) is 26.2 Å². The van der Waals surface area contributed by atoms with Crippen LogP contribution in [-0.2, 0) is 9.59 Å². The maximum absolute atomic E-state index is 12.0. The molecule has 0 spiro atoms. The lowest BCUT2D eigenvalue weighted by molar-refractivity contribution is -0.150. The lowest BCUT2D eigenvalue weighted by Crippen LogP contribution is -2.54. The van der Waals surface area contributed by atoms with E-state index < -0.39 is 0 Å². The smallest absolute Gasteiger partial charge is 0.242 e. The van der Waals surface area contributed by atoms with Crippen LogP contribution in [0.4, 0.5) is 0 Å². The van der Waals surface area contributed by atoms with Gasteiger partial charge in [0.15, 0.2) is 0 Å². The molecule has 2 N–H and O–H groups in total. The third kappa shape index (κ3) is 3.17. The standard InChI is InChI=1S/C15H21N3O2/c1-3-17-9-15(20)18(10-14(17)19)8-13(16)12-6-4-5-11(2)7-12/h4-7,13H,3,8-10,16H2,1-2H3. The lowest BCUT2D eigenvalue weighted by atomic mass is 10.0. The van der Waals surface area contributed by atoms with Crippen molar-refractivity contribution in [3.63, 3.8) is 0 Å². The van der Waals surface area contributed by atoms with E-state index in [1.54, 1.807) is 9.80 Å². The second-order valence-corrected chi connectivity index (χ2v) is 5.20. The highest BCUT2D eigenvalue weighted by Gasteiger charge is 2.29. The Morgan fingerprint density at radius 3 is 2.50 bits per heavy atom. The number of benzene rings is 1. The van der Waals surface area contributed by atoms with E-state index in [0.29, 0.717) is 13.1 Å². The van der Waals surface area contributed by atoms with E-state index in [1.165, 1.54) is 0 Å². The summed E-state index contributed by atoms with van der Waals surface area (Å²) >= 11 is 0. The van der Waals surface area contributed by atoms with Crippen LogP contribution in [0.5, 0.6) is 0 Å². The number of piperazine rings is 1. The Balaban J connectivity index is 2.03. The van der Waals surface area contributed by atoms with Crippen LogP contribution in [0, 0.1) is 6.92 Å². The number of hydrogen-bond acceptors (Lipinski definition) is 3. The van der Waals surface area contributed by atoms with Crippen molar-refractivity contribution in [1.82, 2.24) is 9.80 Å². The maximum Gasteiger partial charge on any atom is 0.242 e. The summed E-state index contributed by atoms with van der Waals surface area (Å²) in [6, 6.07) is 7.66. The van der Waals surface area contributed by atoms with Crippen molar-refractivity contribution < 1.29 is 9.59 Å². The molecule has 0 aliphatic carbocycles. The number of nitrogens with two attached hydrogens (primary N) is 1. The molecule has 108 valence electrons. The summed E-state index contributed by atoms with van der Waals surface area (Å²) in [7, 11) is 0. The molecule has 0 bridgehead atoms. The van der Waals surface area contributed by atoms with Crippen LogP contribution >= 0.6 is 0 Å². The van der Waals surface area contributed by atoms with E-state index in [4.69, 9.17) is 5.73 Å². The second-order valence-electron chi connectivity index (χ2n) is 5.20. The molecule has 1 unspecified atom stereocenters. The van der Waals surface area contributed by atoms with E-state index in [2.05, 4.69) is 0 Å². The summed E-state index contributed by atoms with van der Waals surface area (Å²) in [5.74, 6) is -0.0434. The number of carbonyl (C=O) groups excluding carboxylic acids is 2. The first-order valence-electron chi connectivity index (χ1n) is 6.89. The van der Waals surface area contributed by atoms with Gasteiger partial charge in [-0.2, -0.15) is 0 Å². The van der Waals surface area contributed by atoms with Gasteiger partial charge in [0.05, 0.1) is 13.1 Å². The average Bonchev–Trinajstić information content (AvgIpc) is 2.42. The van der Waals surface area contributed by atoms with Crippen molar-refractivity contribution in [3.8, 4) is 0 Å². The average molecular weight is 275 g/mol. The summed E-state index contributed by atoms with van der Waals surface area (Å²) < 4.78 is 0.